The summed E-state index contributed by atoms with van der Waals surface area (Å²) in [5.41, 5.74) is 0.395. The molecule has 198 valence electrons. The summed E-state index contributed by atoms with van der Waals surface area (Å²) in [5, 5.41) is 17.7. The standard InChI is InChI=1S/C26H33N5O6/c1-3-13-29(16-31-18-10-6-5-9-17(18)27-28-31)24(34)22-26-12-11-19(37-26)20(25(35)36-4-2)21(26)23(33)30(22)14-7-8-15-32/h3,5-6,9-10,19-22,32H,1,4,7-8,11-16H2,2H3/t19-,20+,21+,22-,26+/m0/s1. The lowest BCUT2D eigenvalue weighted by molar-refractivity contribution is -0.155. The van der Waals surface area contributed by atoms with E-state index in [2.05, 4.69) is 16.9 Å². The van der Waals surface area contributed by atoms with Gasteiger partial charge in [-0.2, -0.15) is 0 Å². The zero-order chi connectivity index (χ0) is 26.2. The van der Waals surface area contributed by atoms with Gasteiger partial charge in [-0.05, 0) is 44.7 Å². The van der Waals surface area contributed by atoms with Crippen LogP contribution in [0.5, 0.6) is 0 Å². The number of benzene rings is 1. The lowest BCUT2D eigenvalue weighted by atomic mass is 9.70. The molecule has 1 N–H and O–H groups in total. The second-order valence-electron chi connectivity index (χ2n) is 9.84. The number of nitrogens with zero attached hydrogens (tertiary/aromatic N) is 5. The maximum absolute atomic E-state index is 14.3. The molecule has 0 unspecified atom stereocenters. The van der Waals surface area contributed by atoms with Crippen LogP contribution in [0, 0.1) is 11.8 Å². The summed E-state index contributed by atoms with van der Waals surface area (Å²) >= 11 is 0. The van der Waals surface area contributed by atoms with Gasteiger partial charge in [-0.3, -0.25) is 14.4 Å². The molecule has 2 bridgehead atoms. The Morgan fingerprint density at radius 3 is 2.92 bits per heavy atom. The van der Waals surface area contributed by atoms with Crippen LogP contribution < -0.4 is 0 Å². The number of aliphatic hydroxyl groups is 1. The van der Waals surface area contributed by atoms with Gasteiger partial charge >= 0.3 is 5.97 Å². The van der Waals surface area contributed by atoms with Crippen molar-refractivity contribution in [3.8, 4) is 0 Å². The largest absolute Gasteiger partial charge is 0.466 e. The maximum Gasteiger partial charge on any atom is 0.312 e. The van der Waals surface area contributed by atoms with E-state index in [4.69, 9.17) is 9.47 Å². The van der Waals surface area contributed by atoms with Crippen molar-refractivity contribution in [3.63, 3.8) is 0 Å². The van der Waals surface area contributed by atoms with Crippen LogP contribution in [0.4, 0.5) is 0 Å². The number of amides is 2. The topological polar surface area (TPSA) is 127 Å². The number of hydrogen-bond acceptors (Lipinski definition) is 8. The first-order valence-electron chi connectivity index (χ1n) is 12.9. The zero-order valence-corrected chi connectivity index (χ0v) is 21.0. The summed E-state index contributed by atoms with van der Waals surface area (Å²) in [4.78, 5) is 44.2. The molecule has 11 heteroatoms. The highest BCUT2D eigenvalue weighted by molar-refractivity contribution is 5.98. The fraction of sp³-hybridized carbons (Fsp3) is 0.577. The van der Waals surface area contributed by atoms with E-state index in [0.29, 0.717) is 31.2 Å². The van der Waals surface area contributed by atoms with Crippen molar-refractivity contribution in [3.05, 3.63) is 36.9 Å². The monoisotopic (exact) mass is 511 g/mol. The Hall–Kier alpha value is -3.31. The van der Waals surface area contributed by atoms with Gasteiger partial charge in [0, 0.05) is 19.7 Å². The lowest BCUT2D eigenvalue weighted by Crippen LogP contribution is -2.56. The van der Waals surface area contributed by atoms with Crippen LogP contribution >= 0.6 is 0 Å². The molecule has 37 heavy (non-hydrogen) atoms. The van der Waals surface area contributed by atoms with Crippen molar-refractivity contribution in [2.45, 2.75) is 57.0 Å². The molecule has 1 aromatic heterocycles. The average molecular weight is 512 g/mol. The lowest BCUT2D eigenvalue weighted by Gasteiger charge is -2.36. The average Bonchev–Trinajstić information content (AvgIpc) is 3.64. The Morgan fingerprint density at radius 1 is 1.35 bits per heavy atom. The van der Waals surface area contributed by atoms with Crippen molar-refractivity contribution in [2.75, 3.05) is 26.3 Å². The van der Waals surface area contributed by atoms with Crippen molar-refractivity contribution in [1.82, 2.24) is 24.8 Å². The molecule has 0 radical (unpaired) electrons. The number of likely N-dealkylation sites (tertiary alicyclic amines) is 1. The minimum Gasteiger partial charge on any atom is -0.466 e. The molecular formula is C26H33N5O6. The highest BCUT2D eigenvalue weighted by Crippen LogP contribution is 2.58. The van der Waals surface area contributed by atoms with E-state index >= 15 is 0 Å². The number of unbranched alkanes of at least 4 members (excludes halogenated alkanes) is 1. The SMILES string of the molecule is C=CCN(Cn1nnc2ccccc21)C(=O)[C@@H]1N(CCCCO)C(=O)[C@H]2[C@H](C(=O)OCC)[C@@H]3CC[C@]12O3. The van der Waals surface area contributed by atoms with E-state index < -0.39 is 35.6 Å². The number of fused-ring (bicyclic) bond motifs is 2. The summed E-state index contributed by atoms with van der Waals surface area (Å²) in [6.45, 7) is 6.38. The number of hydrogen-bond donors (Lipinski definition) is 1. The van der Waals surface area contributed by atoms with E-state index in [0.717, 1.165) is 5.52 Å². The van der Waals surface area contributed by atoms with Crippen LogP contribution in [0.3, 0.4) is 0 Å². The van der Waals surface area contributed by atoms with Gasteiger partial charge < -0.3 is 24.4 Å². The molecule has 0 aliphatic carbocycles. The van der Waals surface area contributed by atoms with Gasteiger partial charge in [-0.25, -0.2) is 4.68 Å². The number of para-hydroxylation sites is 1. The smallest absolute Gasteiger partial charge is 0.312 e. The number of carbonyl (C=O) groups is 3. The van der Waals surface area contributed by atoms with E-state index in [1.54, 1.807) is 27.5 Å². The van der Waals surface area contributed by atoms with E-state index in [1.165, 1.54) is 0 Å². The number of rotatable bonds is 11. The summed E-state index contributed by atoms with van der Waals surface area (Å²) in [7, 11) is 0. The third-order valence-corrected chi connectivity index (χ3v) is 7.79. The summed E-state index contributed by atoms with van der Waals surface area (Å²) in [6.07, 6.45) is 3.29. The normalized spacial score (nSPS) is 28.1. The Balaban J connectivity index is 1.50. The highest BCUT2D eigenvalue weighted by atomic mass is 16.6. The minimum absolute atomic E-state index is 0.0127. The number of carbonyl (C=O) groups excluding carboxylic acids is 3. The first-order chi connectivity index (χ1) is 18.0. The third-order valence-electron chi connectivity index (χ3n) is 7.79. The first-order valence-corrected chi connectivity index (χ1v) is 12.9. The van der Waals surface area contributed by atoms with Gasteiger partial charge in [-0.15, -0.1) is 11.7 Å². The fourth-order valence-electron chi connectivity index (χ4n) is 6.30. The Kier molecular flexibility index (Phi) is 7.00. The Labute approximate surface area is 215 Å². The molecule has 4 heterocycles. The quantitative estimate of drug-likeness (QED) is 0.270. The van der Waals surface area contributed by atoms with Gasteiger partial charge in [-0.1, -0.05) is 23.4 Å². The maximum atomic E-state index is 14.3. The molecule has 3 aliphatic heterocycles. The van der Waals surface area contributed by atoms with E-state index in [1.807, 2.05) is 24.3 Å². The molecule has 3 fully saturated rings. The summed E-state index contributed by atoms with van der Waals surface area (Å²) < 4.78 is 13.4. The van der Waals surface area contributed by atoms with Crippen LogP contribution in [-0.2, 0) is 30.5 Å². The van der Waals surface area contributed by atoms with E-state index in [9.17, 15) is 19.5 Å². The molecule has 3 aliphatic rings. The van der Waals surface area contributed by atoms with Crippen molar-refractivity contribution < 1.29 is 29.0 Å². The molecule has 1 aromatic carbocycles. The van der Waals surface area contributed by atoms with Crippen LogP contribution in [-0.4, -0.2) is 91.7 Å². The molecule has 1 spiro atoms. The van der Waals surface area contributed by atoms with Crippen molar-refractivity contribution >= 4 is 28.8 Å². The van der Waals surface area contributed by atoms with Crippen LogP contribution in [0.2, 0.25) is 0 Å². The van der Waals surface area contributed by atoms with Gasteiger partial charge in [0.15, 0.2) is 0 Å². The highest BCUT2D eigenvalue weighted by Gasteiger charge is 2.75. The first kappa shape index (κ1) is 25.3. The Morgan fingerprint density at radius 2 is 2.16 bits per heavy atom. The van der Waals surface area contributed by atoms with Gasteiger partial charge in [0.2, 0.25) is 11.8 Å². The zero-order valence-electron chi connectivity index (χ0n) is 21.0. The second-order valence-corrected chi connectivity index (χ2v) is 9.84. The molecule has 2 amide bonds. The summed E-state index contributed by atoms with van der Waals surface area (Å²) in [6, 6.07) is 6.58. The predicted octanol–water partition coefficient (Wildman–Crippen LogP) is 1.11. The van der Waals surface area contributed by atoms with Crippen molar-refractivity contribution in [2.24, 2.45) is 11.8 Å². The van der Waals surface area contributed by atoms with Crippen molar-refractivity contribution in [1.29, 1.82) is 0 Å². The molecule has 2 aromatic rings. The number of esters is 1. The van der Waals surface area contributed by atoms with E-state index in [-0.39, 0.29) is 44.8 Å². The molecule has 5 atom stereocenters. The van der Waals surface area contributed by atoms with Gasteiger partial charge in [0.25, 0.3) is 0 Å². The Bertz CT molecular complexity index is 1200. The van der Waals surface area contributed by atoms with Crippen LogP contribution in [0.15, 0.2) is 36.9 Å². The minimum atomic E-state index is -1.10. The molecule has 3 saturated heterocycles. The van der Waals surface area contributed by atoms with Crippen LogP contribution in [0.25, 0.3) is 11.0 Å². The molecule has 11 nitrogen and oxygen atoms in total. The predicted molar refractivity (Wildman–Crippen MR) is 132 cm³/mol. The molecular weight excluding hydrogens is 478 g/mol. The third kappa shape index (κ3) is 4.10. The number of ether oxygens (including phenoxy) is 2. The van der Waals surface area contributed by atoms with Gasteiger partial charge in [0.1, 0.15) is 23.8 Å². The van der Waals surface area contributed by atoms with Gasteiger partial charge in [0.05, 0.1) is 30.1 Å². The number of aromatic nitrogens is 3. The van der Waals surface area contributed by atoms with Crippen LogP contribution in [0.1, 0.15) is 32.6 Å². The molecule has 5 rings (SSSR count). The number of aliphatic hydroxyl groups excluding tert-OH is 1. The summed E-state index contributed by atoms with van der Waals surface area (Å²) in [5.74, 6) is -2.50. The molecule has 0 saturated carbocycles. The fourth-order valence-corrected chi connectivity index (χ4v) is 6.30. The second kappa shape index (κ2) is 10.2.